The van der Waals surface area contributed by atoms with Crippen LogP contribution in [0.4, 0.5) is 14.5 Å². The van der Waals surface area contributed by atoms with E-state index in [2.05, 4.69) is 5.32 Å². The van der Waals surface area contributed by atoms with Crippen molar-refractivity contribution < 1.29 is 18.4 Å². The molecular formula is C12H12F2N2O2. The summed E-state index contributed by atoms with van der Waals surface area (Å²) in [4.78, 5) is 24.5. The van der Waals surface area contributed by atoms with Gasteiger partial charge in [0.05, 0.1) is 0 Å². The molecule has 0 saturated carbocycles. The van der Waals surface area contributed by atoms with Crippen molar-refractivity contribution in [2.45, 2.75) is 18.9 Å². The second kappa shape index (κ2) is 4.72. The quantitative estimate of drug-likeness (QED) is 0.870. The molecule has 1 N–H and O–H groups in total. The molecule has 1 aromatic rings. The molecule has 6 heteroatoms. The Morgan fingerprint density at radius 2 is 2.11 bits per heavy atom. The van der Waals surface area contributed by atoms with Crippen LogP contribution >= 0.6 is 0 Å². The molecule has 0 spiro atoms. The van der Waals surface area contributed by atoms with Gasteiger partial charge in [-0.3, -0.25) is 9.59 Å². The Bertz CT molecular complexity index is 505. The average Bonchev–Trinajstić information content (AvgIpc) is 2.65. The standard InChI is InChI=1S/C12H12F2N2O2/c1-16-10(4-5-11(16)17)12(18)15-7-2-3-8(13)9(14)6-7/h2-3,6,10H,4-5H2,1H3,(H,15,18). The van der Waals surface area contributed by atoms with Crippen LogP contribution in [0.3, 0.4) is 0 Å². The summed E-state index contributed by atoms with van der Waals surface area (Å²) in [6, 6.07) is 2.57. The molecule has 0 aliphatic carbocycles. The molecule has 1 atom stereocenters. The van der Waals surface area contributed by atoms with Gasteiger partial charge in [-0.05, 0) is 18.6 Å². The summed E-state index contributed by atoms with van der Waals surface area (Å²) in [6.45, 7) is 0. The molecule has 2 amide bonds. The Morgan fingerprint density at radius 3 is 2.67 bits per heavy atom. The van der Waals surface area contributed by atoms with Crippen LogP contribution in [-0.4, -0.2) is 29.8 Å². The van der Waals surface area contributed by atoms with Crippen molar-refractivity contribution in [3.63, 3.8) is 0 Å². The lowest BCUT2D eigenvalue weighted by molar-refractivity contribution is -0.131. The molecule has 1 heterocycles. The summed E-state index contributed by atoms with van der Waals surface area (Å²) in [5.41, 5.74) is 0.173. The Hall–Kier alpha value is -1.98. The van der Waals surface area contributed by atoms with Crippen LogP contribution in [-0.2, 0) is 9.59 Å². The first-order valence-corrected chi connectivity index (χ1v) is 5.50. The van der Waals surface area contributed by atoms with Gasteiger partial charge in [-0.15, -0.1) is 0 Å². The van der Waals surface area contributed by atoms with Crippen LogP contribution in [0.25, 0.3) is 0 Å². The smallest absolute Gasteiger partial charge is 0.247 e. The topological polar surface area (TPSA) is 49.4 Å². The van der Waals surface area contributed by atoms with Gasteiger partial charge in [-0.1, -0.05) is 0 Å². The summed E-state index contributed by atoms with van der Waals surface area (Å²) < 4.78 is 25.7. The molecule has 0 bridgehead atoms. The number of hydrogen-bond donors (Lipinski definition) is 1. The molecule has 1 aromatic carbocycles. The van der Waals surface area contributed by atoms with Gasteiger partial charge in [0.2, 0.25) is 11.8 Å². The van der Waals surface area contributed by atoms with Crippen LogP contribution in [0.15, 0.2) is 18.2 Å². The Balaban J connectivity index is 2.07. The number of likely N-dealkylation sites (N-methyl/N-ethyl adjacent to an activating group) is 1. The summed E-state index contributed by atoms with van der Waals surface area (Å²) in [5.74, 6) is -2.49. The lowest BCUT2D eigenvalue weighted by Gasteiger charge is -2.19. The molecular weight excluding hydrogens is 242 g/mol. The minimum absolute atomic E-state index is 0.0968. The van der Waals surface area contributed by atoms with E-state index in [1.54, 1.807) is 7.05 Å². The number of halogens is 2. The van der Waals surface area contributed by atoms with E-state index < -0.39 is 23.6 Å². The number of likely N-dealkylation sites (tertiary alicyclic amines) is 1. The summed E-state index contributed by atoms with van der Waals surface area (Å²) in [5, 5.41) is 2.46. The monoisotopic (exact) mass is 254 g/mol. The van der Waals surface area contributed by atoms with Gasteiger partial charge in [0.15, 0.2) is 11.6 Å². The van der Waals surface area contributed by atoms with Gasteiger partial charge >= 0.3 is 0 Å². The number of anilines is 1. The number of carbonyl (C=O) groups is 2. The molecule has 1 fully saturated rings. The van der Waals surface area contributed by atoms with Crippen LogP contribution in [0.1, 0.15) is 12.8 Å². The van der Waals surface area contributed by atoms with Crippen LogP contribution in [0.2, 0.25) is 0 Å². The van der Waals surface area contributed by atoms with E-state index in [0.29, 0.717) is 12.8 Å². The van der Waals surface area contributed by atoms with E-state index in [1.165, 1.54) is 11.0 Å². The van der Waals surface area contributed by atoms with Crippen molar-refractivity contribution in [1.29, 1.82) is 0 Å². The van der Waals surface area contributed by atoms with E-state index in [0.717, 1.165) is 12.1 Å². The highest BCUT2D eigenvalue weighted by molar-refractivity contribution is 5.98. The van der Waals surface area contributed by atoms with Gasteiger partial charge in [0, 0.05) is 25.2 Å². The zero-order valence-corrected chi connectivity index (χ0v) is 9.74. The zero-order valence-electron chi connectivity index (χ0n) is 9.74. The fourth-order valence-corrected chi connectivity index (χ4v) is 1.91. The maximum Gasteiger partial charge on any atom is 0.247 e. The number of benzene rings is 1. The molecule has 0 aromatic heterocycles. The third kappa shape index (κ3) is 2.32. The van der Waals surface area contributed by atoms with Crippen molar-refractivity contribution >= 4 is 17.5 Å². The average molecular weight is 254 g/mol. The normalized spacial score (nSPS) is 19.2. The molecule has 1 saturated heterocycles. The van der Waals surface area contributed by atoms with E-state index in [1.807, 2.05) is 0 Å². The van der Waals surface area contributed by atoms with Crippen LogP contribution in [0.5, 0.6) is 0 Å². The van der Waals surface area contributed by atoms with Crippen molar-refractivity contribution in [1.82, 2.24) is 4.90 Å². The van der Waals surface area contributed by atoms with Crippen molar-refractivity contribution in [3.05, 3.63) is 29.8 Å². The van der Waals surface area contributed by atoms with Crippen molar-refractivity contribution in [3.8, 4) is 0 Å². The SMILES string of the molecule is CN1C(=O)CCC1C(=O)Nc1ccc(F)c(F)c1. The van der Waals surface area contributed by atoms with Crippen molar-refractivity contribution in [2.24, 2.45) is 0 Å². The van der Waals surface area contributed by atoms with Gasteiger partial charge in [0.1, 0.15) is 6.04 Å². The second-order valence-corrected chi connectivity index (χ2v) is 4.18. The predicted molar refractivity (Wildman–Crippen MR) is 60.8 cm³/mol. The number of nitrogens with one attached hydrogen (secondary N) is 1. The van der Waals surface area contributed by atoms with E-state index in [4.69, 9.17) is 0 Å². The second-order valence-electron chi connectivity index (χ2n) is 4.18. The molecule has 0 radical (unpaired) electrons. The maximum absolute atomic E-state index is 13.0. The van der Waals surface area contributed by atoms with Crippen LogP contribution < -0.4 is 5.32 Å². The predicted octanol–water partition coefficient (Wildman–Crippen LogP) is 1.52. The largest absolute Gasteiger partial charge is 0.334 e. The highest BCUT2D eigenvalue weighted by atomic mass is 19.2. The molecule has 96 valence electrons. The number of rotatable bonds is 2. The maximum atomic E-state index is 13.0. The van der Waals surface area contributed by atoms with Crippen LogP contribution in [0, 0.1) is 11.6 Å². The summed E-state index contributed by atoms with van der Waals surface area (Å²) >= 11 is 0. The Labute approximate surface area is 103 Å². The summed E-state index contributed by atoms with van der Waals surface area (Å²) in [7, 11) is 1.55. The minimum atomic E-state index is -1.02. The third-order valence-corrected chi connectivity index (χ3v) is 2.98. The molecule has 1 unspecified atom stereocenters. The lowest BCUT2D eigenvalue weighted by Crippen LogP contribution is -2.38. The number of carbonyl (C=O) groups excluding carboxylic acids is 2. The molecule has 1 aliphatic rings. The van der Waals surface area contributed by atoms with Gasteiger partial charge < -0.3 is 10.2 Å². The first kappa shape index (κ1) is 12.5. The highest BCUT2D eigenvalue weighted by Gasteiger charge is 2.33. The van der Waals surface area contributed by atoms with E-state index in [-0.39, 0.29) is 11.6 Å². The van der Waals surface area contributed by atoms with Gasteiger partial charge in [-0.25, -0.2) is 8.78 Å². The van der Waals surface area contributed by atoms with Gasteiger partial charge in [-0.2, -0.15) is 0 Å². The molecule has 1 aliphatic heterocycles. The summed E-state index contributed by atoms with van der Waals surface area (Å²) in [6.07, 6.45) is 0.761. The molecule has 2 rings (SSSR count). The molecule has 18 heavy (non-hydrogen) atoms. The minimum Gasteiger partial charge on any atom is -0.334 e. The highest BCUT2D eigenvalue weighted by Crippen LogP contribution is 2.19. The molecule has 4 nitrogen and oxygen atoms in total. The first-order chi connectivity index (χ1) is 8.49. The van der Waals surface area contributed by atoms with E-state index in [9.17, 15) is 18.4 Å². The Morgan fingerprint density at radius 1 is 1.39 bits per heavy atom. The van der Waals surface area contributed by atoms with Gasteiger partial charge in [0.25, 0.3) is 0 Å². The fraction of sp³-hybridized carbons (Fsp3) is 0.333. The Kier molecular flexibility index (Phi) is 3.27. The fourth-order valence-electron chi connectivity index (χ4n) is 1.91. The van der Waals surface area contributed by atoms with Crippen molar-refractivity contribution in [2.75, 3.05) is 12.4 Å². The lowest BCUT2D eigenvalue weighted by atomic mass is 10.2. The number of hydrogen-bond acceptors (Lipinski definition) is 2. The number of amides is 2. The van der Waals surface area contributed by atoms with E-state index >= 15 is 0 Å². The number of nitrogens with zero attached hydrogens (tertiary/aromatic N) is 1. The third-order valence-electron chi connectivity index (χ3n) is 2.98. The first-order valence-electron chi connectivity index (χ1n) is 5.50. The zero-order chi connectivity index (χ0) is 13.3.